The summed E-state index contributed by atoms with van der Waals surface area (Å²) in [6.07, 6.45) is 2.05. The Kier molecular flexibility index (Phi) is 5.58. The van der Waals surface area contributed by atoms with Crippen LogP contribution in [0.5, 0.6) is 0 Å². The molecular weight excluding hydrogens is 182 g/mol. The van der Waals surface area contributed by atoms with Crippen molar-refractivity contribution >= 4 is 0 Å². The maximum atomic E-state index is 3.39. The van der Waals surface area contributed by atoms with Gasteiger partial charge in [0.25, 0.3) is 0 Å². The summed E-state index contributed by atoms with van der Waals surface area (Å²) in [4.78, 5) is 0. The molecule has 1 rings (SSSR count). The van der Waals surface area contributed by atoms with Gasteiger partial charge in [-0.25, -0.2) is 0 Å². The van der Waals surface area contributed by atoms with Gasteiger partial charge in [-0.1, -0.05) is 29.8 Å². The molecule has 1 heteroatoms. The van der Waals surface area contributed by atoms with Crippen molar-refractivity contribution in [3.8, 4) is 11.8 Å². The predicted octanol–water partition coefficient (Wildman–Crippen LogP) is 2.54. The maximum absolute atomic E-state index is 3.39. The summed E-state index contributed by atoms with van der Waals surface area (Å²) in [7, 11) is 0. The van der Waals surface area contributed by atoms with Crippen LogP contribution in [0.15, 0.2) is 24.3 Å². The van der Waals surface area contributed by atoms with Crippen molar-refractivity contribution in [3.05, 3.63) is 35.4 Å². The van der Waals surface area contributed by atoms with E-state index in [4.69, 9.17) is 0 Å². The molecule has 0 saturated carbocycles. The predicted molar refractivity (Wildman–Crippen MR) is 65.8 cm³/mol. The summed E-state index contributed by atoms with van der Waals surface area (Å²) in [6, 6.07) is 8.68. The van der Waals surface area contributed by atoms with E-state index in [9.17, 15) is 0 Å². The van der Waals surface area contributed by atoms with Crippen molar-refractivity contribution in [3.63, 3.8) is 0 Å². The fraction of sp³-hybridized carbons (Fsp3) is 0.429. The molecule has 0 spiro atoms. The standard InChI is InChI=1S/C14H19N/c1-3-4-5-10-15-11-9-14-8-6-7-13(2)12-14/h6-8,12,15H,5,9-11H2,1-2H3. The number of hydrogen-bond donors (Lipinski definition) is 1. The molecule has 1 nitrogen and oxygen atoms in total. The molecule has 0 aliphatic heterocycles. The van der Waals surface area contributed by atoms with Crippen LogP contribution in [0.1, 0.15) is 24.5 Å². The summed E-state index contributed by atoms with van der Waals surface area (Å²) >= 11 is 0. The third kappa shape index (κ3) is 5.24. The number of rotatable bonds is 5. The topological polar surface area (TPSA) is 12.0 Å². The van der Waals surface area contributed by atoms with Crippen LogP contribution in [0.3, 0.4) is 0 Å². The molecular formula is C14H19N. The summed E-state index contributed by atoms with van der Waals surface area (Å²) in [5.74, 6) is 5.94. The Bertz CT molecular complexity index is 344. The van der Waals surface area contributed by atoms with E-state index in [0.717, 1.165) is 25.9 Å². The fourth-order valence-electron chi connectivity index (χ4n) is 1.50. The Hall–Kier alpha value is -1.26. The van der Waals surface area contributed by atoms with Gasteiger partial charge in [-0.05, 0) is 32.4 Å². The van der Waals surface area contributed by atoms with Gasteiger partial charge in [0.1, 0.15) is 0 Å². The lowest BCUT2D eigenvalue weighted by Crippen LogP contribution is -2.18. The molecule has 0 aliphatic rings. The van der Waals surface area contributed by atoms with Crippen molar-refractivity contribution in [2.75, 3.05) is 13.1 Å². The van der Waals surface area contributed by atoms with E-state index in [-0.39, 0.29) is 0 Å². The molecule has 0 radical (unpaired) electrons. The van der Waals surface area contributed by atoms with Gasteiger partial charge >= 0.3 is 0 Å². The Labute approximate surface area is 92.9 Å². The second-order valence-corrected chi connectivity index (χ2v) is 3.67. The van der Waals surface area contributed by atoms with Gasteiger partial charge in [0.15, 0.2) is 0 Å². The highest BCUT2D eigenvalue weighted by molar-refractivity contribution is 5.22. The van der Waals surface area contributed by atoms with Crippen LogP contribution in [0.25, 0.3) is 0 Å². The van der Waals surface area contributed by atoms with Gasteiger partial charge in [-0.3, -0.25) is 0 Å². The molecule has 0 amide bonds. The van der Waals surface area contributed by atoms with Crippen molar-refractivity contribution < 1.29 is 0 Å². The van der Waals surface area contributed by atoms with E-state index < -0.39 is 0 Å². The van der Waals surface area contributed by atoms with Crippen LogP contribution in [0.2, 0.25) is 0 Å². The number of aryl methyl sites for hydroxylation is 1. The van der Waals surface area contributed by atoms with Gasteiger partial charge in [0, 0.05) is 13.0 Å². The normalized spacial score (nSPS) is 9.47. The first-order chi connectivity index (χ1) is 7.33. The highest BCUT2D eigenvalue weighted by Crippen LogP contribution is 2.03. The van der Waals surface area contributed by atoms with Crippen LogP contribution in [-0.4, -0.2) is 13.1 Å². The molecule has 1 N–H and O–H groups in total. The largest absolute Gasteiger partial charge is 0.315 e. The van der Waals surface area contributed by atoms with E-state index in [1.54, 1.807) is 0 Å². The summed E-state index contributed by atoms with van der Waals surface area (Å²) in [6.45, 7) is 6.04. The first-order valence-corrected chi connectivity index (χ1v) is 5.49. The third-order valence-electron chi connectivity index (χ3n) is 2.28. The average molecular weight is 201 g/mol. The van der Waals surface area contributed by atoms with Gasteiger partial charge in [0.2, 0.25) is 0 Å². The zero-order valence-corrected chi connectivity index (χ0v) is 9.64. The summed E-state index contributed by atoms with van der Waals surface area (Å²) in [5.41, 5.74) is 2.74. The minimum atomic E-state index is 0.949. The minimum absolute atomic E-state index is 0.949. The molecule has 0 aliphatic carbocycles. The zero-order valence-electron chi connectivity index (χ0n) is 9.64. The summed E-state index contributed by atoms with van der Waals surface area (Å²) in [5, 5.41) is 3.39. The van der Waals surface area contributed by atoms with Crippen LogP contribution >= 0.6 is 0 Å². The molecule has 0 saturated heterocycles. The van der Waals surface area contributed by atoms with Crippen LogP contribution in [0.4, 0.5) is 0 Å². The number of hydrogen-bond acceptors (Lipinski definition) is 1. The Morgan fingerprint density at radius 2 is 2.13 bits per heavy atom. The van der Waals surface area contributed by atoms with Gasteiger partial charge in [0.05, 0.1) is 0 Å². The first-order valence-electron chi connectivity index (χ1n) is 5.49. The second kappa shape index (κ2) is 7.09. The van der Waals surface area contributed by atoms with E-state index in [1.165, 1.54) is 11.1 Å². The molecule has 1 aromatic rings. The van der Waals surface area contributed by atoms with Gasteiger partial charge in [-0.15, -0.1) is 11.8 Å². The SMILES string of the molecule is CC#CCCNCCc1cccc(C)c1. The van der Waals surface area contributed by atoms with E-state index in [2.05, 4.69) is 48.3 Å². The molecule has 0 bridgehead atoms. The Morgan fingerprint density at radius 1 is 1.27 bits per heavy atom. The molecule has 1 aromatic carbocycles. The molecule has 0 heterocycles. The number of benzene rings is 1. The average Bonchev–Trinajstić information content (AvgIpc) is 2.23. The molecule has 0 fully saturated rings. The van der Waals surface area contributed by atoms with Crippen molar-refractivity contribution in [2.45, 2.75) is 26.7 Å². The van der Waals surface area contributed by atoms with Crippen molar-refractivity contribution in [1.82, 2.24) is 5.32 Å². The third-order valence-corrected chi connectivity index (χ3v) is 2.28. The summed E-state index contributed by atoms with van der Waals surface area (Å²) < 4.78 is 0. The quantitative estimate of drug-likeness (QED) is 0.570. The highest BCUT2D eigenvalue weighted by Gasteiger charge is 1.92. The first kappa shape index (κ1) is 11.8. The highest BCUT2D eigenvalue weighted by atomic mass is 14.8. The van der Waals surface area contributed by atoms with Crippen LogP contribution < -0.4 is 5.32 Å². The van der Waals surface area contributed by atoms with E-state index in [1.807, 2.05) is 6.92 Å². The Balaban J connectivity index is 2.16. The zero-order chi connectivity index (χ0) is 10.9. The van der Waals surface area contributed by atoms with E-state index >= 15 is 0 Å². The van der Waals surface area contributed by atoms with Gasteiger partial charge < -0.3 is 5.32 Å². The monoisotopic (exact) mass is 201 g/mol. The smallest absolute Gasteiger partial charge is 0.0214 e. The fourth-order valence-corrected chi connectivity index (χ4v) is 1.50. The minimum Gasteiger partial charge on any atom is -0.315 e. The second-order valence-electron chi connectivity index (χ2n) is 3.67. The van der Waals surface area contributed by atoms with Crippen molar-refractivity contribution in [2.24, 2.45) is 0 Å². The Morgan fingerprint density at radius 3 is 2.87 bits per heavy atom. The molecule has 80 valence electrons. The molecule has 15 heavy (non-hydrogen) atoms. The van der Waals surface area contributed by atoms with Crippen LogP contribution in [0, 0.1) is 18.8 Å². The lowest BCUT2D eigenvalue weighted by atomic mass is 10.1. The van der Waals surface area contributed by atoms with Crippen molar-refractivity contribution in [1.29, 1.82) is 0 Å². The molecule has 0 unspecified atom stereocenters. The van der Waals surface area contributed by atoms with Crippen LogP contribution in [-0.2, 0) is 6.42 Å². The van der Waals surface area contributed by atoms with E-state index in [0.29, 0.717) is 0 Å². The molecule has 0 atom stereocenters. The lowest BCUT2D eigenvalue weighted by Gasteiger charge is -2.03. The van der Waals surface area contributed by atoms with Gasteiger partial charge in [-0.2, -0.15) is 0 Å². The lowest BCUT2D eigenvalue weighted by molar-refractivity contribution is 0.694. The maximum Gasteiger partial charge on any atom is 0.0214 e. The molecule has 0 aromatic heterocycles. The number of nitrogens with one attached hydrogen (secondary N) is 1.